The minimum absolute atomic E-state index is 0.0734. The number of ether oxygens (including phenoxy) is 1. The third-order valence-corrected chi connectivity index (χ3v) is 3.08. The van der Waals surface area contributed by atoms with Crippen LogP contribution in [0.15, 0.2) is 24.3 Å². The summed E-state index contributed by atoms with van der Waals surface area (Å²) in [6.07, 6.45) is 0. The Morgan fingerprint density at radius 1 is 1.09 bits per heavy atom. The fourth-order valence-electron chi connectivity index (χ4n) is 2.05. The van der Waals surface area contributed by atoms with E-state index in [2.05, 4.69) is 10.6 Å². The van der Waals surface area contributed by atoms with E-state index in [0.29, 0.717) is 18.8 Å². The van der Waals surface area contributed by atoms with Gasteiger partial charge in [0.15, 0.2) is 0 Å². The maximum Gasteiger partial charge on any atom is 0.238 e. The molecule has 128 valence electrons. The summed E-state index contributed by atoms with van der Waals surface area (Å²) in [5, 5.41) is 5.64. The molecule has 0 saturated carbocycles. The Kier molecular flexibility index (Phi) is 8.11. The summed E-state index contributed by atoms with van der Waals surface area (Å²) in [7, 11) is 0. The monoisotopic (exact) mass is 321 g/mol. The Morgan fingerprint density at radius 3 is 2.22 bits per heavy atom. The SMILES string of the molecule is CCOc1ccc(NC(=O)CN(CC)CC(=O)NC(C)C)cc1. The smallest absolute Gasteiger partial charge is 0.238 e. The van der Waals surface area contributed by atoms with Gasteiger partial charge in [-0.3, -0.25) is 14.5 Å². The molecule has 6 nitrogen and oxygen atoms in total. The third kappa shape index (κ3) is 7.65. The number of hydrogen-bond acceptors (Lipinski definition) is 4. The fourth-order valence-corrected chi connectivity index (χ4v) is 2.05. The van der Waals surface area contributed by atoms with Gasteiger partial charge < -0.3 is 15.4 Å². The minimum atomic E-state index is -0.145. The number of carbonyl (C=O) groups excluding carboxylic acids is 2. The number of anilines is 1. The summed E-state index contributed by atoms with van der Waals surface area (Å²) in [4.78, 5) is 25.6. The molecular formula is C17H27N3O3. The molecule has 0 radical (unpaired) electrons. The molecule has 0 fully saturated rings. The molecule has 23 heavy (non-hydrogen) atoms. The van der Waals surface area contributed by atoms with Gasteiger partial charge in [0.05, 0.1) is 19.7 Å². The molecule has 0 bridgehead atoms. The van der Waals surface area contributed by atoms with Gasteiger partial charge in [0.1, 0.15) is 5.75 Å². The highest BCUT2D eigenvalue weighted by molar-refractivity contribution is 5.92. The highest BCUT2D eigenvalue weighted by Crippen LogP contribution is 2.15. The van der Waals surface area contributed by atoms with Gasteiger partial charge in [-0.15, -0.1) is 0 Å². The van der Waals surface area contributed by atoms with Crippen molar-refractivity contribution in [2.24, 2.45) is 0 Å². The Labute approximate surface area is 138 Å². The lowest BCUT2D eigenvalue weighted by Crippen LogP contribution is -2.42. The summed E-state index contributed by atoms with van der Waals surface area (Å²) >= 11 is 0. The molecule has 2 N–H and O–H groups in total. The maximum absolute atomic E-state index is 12.1. The van der Waals surface area contributed by atoms with E-state index >= 15 is 0 Å². The number of hydrogen-bond donors (Lipinski definition) is 2. The van der Waals surface area contributed by atoms with Gasteiger partial charge in [-0.2, -0.15) is 0 Å². The van der Waals surface area contributed by atoms with Crippen LogP contribution in [0.3, 0.4) is 0 Å². The quantitative estimate of drug-likeness (QED) is 0.728. The number of nitrogens with one attached hydrogen (secondary N) is 2. The van der Waals surface area contributed by atoms with Gasteiger partial charge in [-0.1, -0.05) is 6.92 Å². The van der Waals surface area contributed by atoms with Crippen molar-refractivity contribution >= 4 is 17.5 Å². The zero-order valence-corrected chi connectivity index (χ0v) is 14.4. The lowest BCUT2D eigenvalue weighted by molar-refractivity contribution is -0.123. The van der Waals surface area contributed by atoms with Gasteiger partial charge in [0.25, 0.3) is 0 Å². The van der Waals surface area contributed by atoms with E-state index in [1.807, 2.05) is 39.8 Å². The number of rotatable bonds is 9. The van der Waals surface area contributed by atoms with Crippen molar-refractivity contribution in [3.63, 3.8) is 0 Å². The lowest BCUT2D eigenvalue weighted by Gasteiger charge is -2.20. The molecule has 0 unspecified atom stereocenters. The first-order valence-corrected chi connectivity index (χ1v) is 7.99. The molecule has 1 aromatic carbocycles. The first-order chi connectivity index (χ1) is 10.9. The normalized spacial score (nSPS) is 10.7. The molecule has 0 aliphatic rings. The molecule has 0 aliphatic carbocycles. The molecule has 0 aliphatic heterocycles. The van der Waals surface area contributed by atoms with E-state index in [9.17, 15) is 9.59 Å². The molecule has 0 aromatic heterocycles. The number of likely N-dealkylation sites (N-methyl/N-ethyl adjacent to an activating group) is 1. The molecule has 0 atom stereocenters. The van der Waals surface area contributed by atoms with E-state index in [0.717, 1.165) is 5.75 Å². The van der Waals surface area contributed by atoms with E-state index in [4.69, 9.17) is 4.74 Å². The van der Waals surface area contributed by atoms with Gasteiger partial charge >= 0.3 is 0 Å². The lowest BCUT2D eigenvalue weighted by atomic mass is 10.3. The Hall–Kier alpha value is -2.08. The van der Waals surface area contributed by atoms with Crippen LogP contribution in [0.25, 0.3) is 0 Å². The molecule has 6 heteroatoms. The number of carbonyl (C=O) groups is 2. The first-order valence-electron chi connectivity index (χ1n) is 7.99. The van der Waals surface area contributed by atoms with Crippen molar-refractivity contribution in [2.75, 3.05) is 31.6 Å². The van der Waals surface area contributed by atoms with Gasteiger partial charge in [-0.25, -0.2) is 0 Å². The van der Waals surface area contributed by atoms with E-state index in [1.165, 1.54) is 0 Å². The van der Waals surface area contributed by atoms with E-state index < -0.39 is 0 Å². The average molecular weight is 321 g/mol. The third-order valence-electron chi connectivity index (χ3n) is 3.08. The van der Waals surface area contributed by atoms with Crippen molar-refractivity contribution in [1.29, 1.82) is 0 Å². The van der Waals surface area contributed by atoms with E-state index in [1.54, 1.807) is 17.0 Å². The fraction of sp³-hybridized carbons (Fsp3) is 0.529. The van der Waals surface area contributed by atoms with Gasteiger partial charge in [-0.05, 0) is 51.6 Å². The van der Waals surface area contributed by atoms with E-state index in [-0.39, 0.29) is 30.9 Å². The zero-order valence-electron chi connectivity index (χ0n) is 14.4. The van der Waals surface area contributed by atoms with Crippen LogP contribution in [0.2, 0.25) is 0 Å². The largest absolute Gasteiger partial charge is 0.494 e. The predicted octanol–water partition coefficient (Wildman–Crippen LogP) is 1.87. The highest BCUT2D eigenvalue weighted by Gasteiger charge is 2.13. The maximum atomic E-state index is 12.1. The molecule has 0 heterocycles. The van der Waals surface area contributed by atoms with Gasteiger partial charge in [0.2, 0.25) is 11.8 Å². The molecule has 0 spiro atoms. The number of amides is 2. The van der Waals surface area contributed by atoms with Crippen LogP contribution in [0.1, 0.15) is 27.7 Å². The second kappa shape index (κ2) is 9.84. The summed E-state index contributed by atoms with van der Waals surface area (Å²) in [5.41, 5.74) is 0.709. The summed E-state index contributed by atoms with van der Waals surface area (Å²) in [6.45, 7) is 9.29. The van der Waals surface area contributed by atoms with Crippen LogP contribution >= 0.6 is 0 Å². The summed E-state index contributed by atoms with van der Waals surface area (Å²) in [6, 6.07) is 7.31. The van der Waals surface area contributed by atoms with Crippen LogP contribution < -0.4 is 15.4 Å². The van der Waals surface area contributed by atoms with Crippen LogP contribution in [0.4, 0.5) is 5.69 Å². The van der Waals surface area contributed by atoms with Crippen molar-refractivity contribution in [3.8, 4) is 5.75 Å². The Morgan fingerprint density at radius 2 is 1.70 bits per heavy atom. The molecule has 1 aromatic rings. The first kappa shape index (κ1) is 19.0. The van der Waals surface area contributed by atoms with Crippen molar-refractivity contribution in [1.82, 2.24) is 10.2 Å². The topological polar surface area (TPSA) is 70.7 Å². The van der Waals surface area contributed by atoms with Crippen LogP contribution in [0, 0.1) is 0 Å². The van der Waals surface area contributed by atoms with Crippen LogP contribution in [0.5, 0.6) is 5.75 Å². The highest BCUT2D eigenvalue weighted by atomic mass is 16.5. The standard InChI is InChI=1S/C17H27N3O3/c1-5-20(11-16(21)18-13(3)4)12-17(22)19-14-7-9-15(10-8-14)23-6-2/h7-10,13H,5-6,11-12H2,1-4H3,(H,18,21)(H,19,22). The summed E-state index contributed by atoms with van der Waals surface area (Å²) in [5.74, 6) is 0.551. The van der Waals surface area contributed by atoms with Crippen molar-refractivity contribution in [3.05, 3.63) is 24.3 Å². The number of benzene rings is 1. The second-order valence-electron chi connectivity index (χ2n) is 5.53. The van der Waals surface area contributed by atoms with Crippen LogP contribution in [-0.4, -0.2) is 49.0 Å². The van der Waals surface area contributed by atoms with Crippen LogP contribution in [-0.2, 0) is 9.59 Å². The zero-order chi connectivity index (χ0) is 17.2. The predicted molar refractivity (Wildman–Crippen MR) is 91.6 cm³/mol. The van der Waals surface area contributed by atoms with Crippen molar-refractivity contribution < 1.29 is 14.3 Å². The Bertz CT molecular complexity index is 500. The molecule has 1 rings (SSSR count). The molecular weight excluding hydrogens is 294 g/mol. The molecule has 2 amide bonds. The average Bonchev–Trinajstić information content (AvgIpc) is 2.48. The summed E-state index contributed by atoms with van der Waals surface area (Å²) < 4.78 is 5.36. The van der Waals surface area contributed by atoms with Crippen molar-refractivity contribution in [2.45, 2.75) is 33.7 Å². The number of nitrogens with zero attached hydrogens (tertiary/aromatic N) is 1. The van der Waals surface area contributed by atoms with Gasteiger partial charge in [0, 0.05) is 11.7 Å². The molecule has 0 saturated heterocycles. The Balaban J connectivity index is 2.48. The minimum Gasteiger partial charge on any atom is -0.494 e. The second-order valence-corrected chi connectivity index (χ2v) is 5.53.